The second kappa shape index (κ2) is 4.76. The SMILES string of the molecule is CCc1ccc(C(O)Cc2ncnn2C)s1. The predicted octanol–water partition coefficient (Wildman–Crippen LogP) is 1.72. The van der Waals surface area contributed by atoms with Crippen LogP contribution in [0.5, 0.6) is 0 Å². The van der Waals surface area contributed by atoms with Crippen molar-refractivity contribution in [3.8, 4) is 0 Å². The lowest BCUT2D eigenvalue weighted by Crippen LogP contribution is -2.06. The molecular formula is C11H15N3OS. The van der Waals surface area contributed by atoms with E-state index in [0.717, 1.165) is 17.1 Å². The van der Waals surface area contributed by atoms with Gasteiger partial charge in [-0.2, -0.15) is 5.10 Å². The fraction of sp³-hybridized carbons (Fsp3) is 0.455. The molecule has 1 N–H and O–H groups in total. The second-order valence-electron chi connectivity index (χ2n) is 3.68. The smallest absolute Gasteiger partial charge is 0.138 e. The highest BCUT2D eigenvalue weighted by Gasteiger charge is 2.13. The Hall–Kier alpha value is -1.20. The Bertz CT molecular complexity index is 463. The molecule has 2 aromatic heterocycles. The van der Waals surface area contributed by atoms with Crippen molar-refractivity contribution in [2.24, 2.45) is 7.05 Å². The highest BCUT2D eigenvalue weighted by atomic mass is 32.1. The van der Waals surface area contributed by atoms with Crippen molar-refractivity contribution in [2.45, 2.75) is 25.9 Å². The number of hydrogen-bond donors (Lipinski definition) is 1. The quantitative estimate of drug-likeness (QED) is 0.880. The first-order valence-corrected chi connectivity index (χ1v) is 6.12. The summed E-state index contributed by atoms with van der Waals surface area (Å²) in [5, 5.41) is 14.0. The molecule has 4 nitrogen and oxygen atoms in total. The number of nitrogens with zero attached hydrogens (tertiary/aromatic N) is 3. The zero-order valence-electron chi connectivity index (χ0n) is 9.42. The topological polar surface area (TPSA) is 50.9 Å². The van der Waals surface area contributed by atoms with Crippen molar-refractivity contribution >= 4 is 11.3 Å². The maximum Gasteiger partial charge on any atom is 0.138 e. The average molecular weight is 237 g/mol. The van der Waals surface area contributed by atoms with Crippen LogP contribution < -0.4 is 0 Å². The van der Waals surface area contributed by atoms with Gasteiger partial charge in [0.1, 0.15) is 12.2 Å². The molecule has 0 radical (unpaired) electrons. The van der Waals surface area contributed by atoms with Gasteiger partial charge in [-0.15, -0.1) is 11.3 Å². The fourth-order valence-corrected chi connectivity index (χ4v) is 2.48. The number of thiophene rings is 1. The van der Waals surface area contributed by atoms with Gasteiger partial charge < -0.3 is 5.11 Å². The van der Waals surface area contributed by atoms with Gasteiger partial charge in [-0.3, -0.25) is 4.68 Å². The van der Waals surface area contributed by atoms with Crippen molar-refractivity contribution in [3.05, 3.63) is 34.0 Å². The molecule has 0 fully saturated rings. The monoisotopic (exact) mass is 237 g/mol. The summed E-state index contributed by atoms with van der Waals surface area (Å²) in [4.78, 5) is 6.40. The first-order chi connectivity index (χ1) is 7.70. The van der Waals surface area contributed by atoms with Gasteiger partial charge in [-0.1, -0.05) is 6.92 Å². The third kappa shape index (κ3) is 2.31. The summed E-state index contributed by atoms with van der Waals surface area (Å²) < 4.78 is 1.69. The molecule has 2 heterocycles. The first-order valence-electron chi connectivity index (χ1n) is 5.30. The van der Waals surface area contributed by atoms with E-state index in [9.17, 15) is 5.11 Å². The molecule has 0 bridgehead atoms. The predicted molar refractivity (Wildman–Crippen MR) is 63.4 cm³/mol. The van der Waals surface area contributed by atoms with Crippen molar-refractivity contribution in [2.75, 3.05) is 0 Å². The highest BCUT2D eigenvalue weighted by molar-refractivity contribution is 7.12. The molecule has 0 aliphatic rings. The van der Waals surface area contributed by atoms with E-state index < -0.39 is 6.10 Å². The minimum absolute atomic E-state index is 0.479. The highest BCUT2D eigenvalue weighted by Crippen LogP contribution is 2.25. The van der Waals surface area contributed by atoms with E-state index in [1.165, 1.54) is 11.2 Å². The number of hydrogen-bond acceptors (Lipinski definition) is 4. The molecule has 5 heteroatoms. The zero-order valence-corrected chi connectivity index (χ0v) is 10.2. The van der Waals surface area contributed by atoms with Gasteiger partial charge in [0, 0.05) is 23.2 Å². The van der Waals surface area contributed by atoms with Crippen molar-refractivity contribution < 1.29 is 5.11 Å². The lowest BCUT2D eigenvalue weighted by Gasteiger charge is -2.07. The first kappa shape index (κ1) is 11.3. The summed E-state index contributed by atoms with van der Waals surface area (Å²) in [7, 11) is 1.83. The van der Waals surface area contributed by atoms with Crippen LogP contribution in [0.3, 0.4) is 0 Å². The minimum atomic E-state index is -0.479. The Morgan fingerprint density at radius 3 is 2.88 bits per heavy atom. The normalized spacial score (nSPS) is 12.9. The van der Waals surface area contributed by atoms with Crippen LogP contribution in [-0.4, -0.2) is 19.9 Å². The molecule has 0 aromatic carbocycles. The summed E-state index contributed by atoms with van der Waals surface area (Å²) >= 11 is 1.66. The van der Waals surface area contributed by atoms with Crippen LogP contribution in [0.15, 0.2) is 18.5 Å². The molecule has 1 atom stereocenters. The molecule has 0 spiro atoms. The van der Waals surface area contributed by atoms with E-state index in [0.29, 0.717) is 6.42 Å². The molecular weight excluding hydrogens is 222 g/mol. The third-order valence-corrected chi connectivity index (χ3v) is 3.87. The molecule has 1 unspecified atom stereocenters. The maximum atomic E-state index is 10.1. The van der Waals surface area contributed by atoms with E-state index in [2.05, 4.69) is 23.1 Å². The van der Waals surface area contributed by atoms with Crippen molar-refractivity contribution in [3.63, 3.8) is 0 Å². The lowest BCUT2D eigenvalue weighted by atomic mass is 10.2. The van der Waals surface area contributed by atoms with Crippen LogP contribution in [0.1, 0.15) is 28.6 Å². The molecule has 0 saturated carbocycles. The van der Waals surface area contributed by atoms with Crippen molar-refractivity contribution in [1.82, 2.24) is 14.8 Å². The number of rotatable bonds is 4. The summed E-state index contributed by atoms with van der Waals surface area (Å²) in [6, 6.07) is 4.06. The molecule has 86 valence electrons. The van der Waals surface area contributed by atoms with Crippen LogP contribution in [0.4, 0.5) is 0 Å². The lowest BCUT2D eigenvalue weighted by molar-refractivity contribution is 0.178. The van der Waals surface area contributed by atoms with Gasteiger partial charge in [0.2, 0.25) is 0 Å². The molecule has 0 amide bonds. The Morgan fingerprint density at radius 2 is 2.31 bits per heavy atom. The Labute approximate surface area is 98.6 Å². The van der Waals surface area contributed by atoms with E-state index >= 15 is 0 Å². The van der Waals surface area contributed by atoms with Gasteiger partial charge in [-0.05, 0) is 18.6 Å². The fourth-order valence-electron chi connectivity index (χ4n) is 1.54. The summed E-state index contributed by atoms with van der Waals surface area (Å²) in [5.41, 5.74) is 0. The van der Waals surface area contributed by atoms with E-state index in [-0.39, 0.29) is 0 Å². The van der Waals surface area contributed by atoms with E-state index in [1.54, 1.807) is 16.0 Å². The minimum Gasteiger partial charge on any atom is -0.387 e. The second-order valence-corrected chi connectivity index (χ2v) is 4.88. The number of aliphatic hydroxyl groups excluding tert-OH is 1. The standard InChI is InChI=1S/C11H15N3OS/c1-3-8-4-5-10(16-8)9(15)6-11-12-7-13-14(11)2/h4-5,7,9,15H,3,6H2,1-2H3. The number of aliphatic hydroxyl groups is 1. The summed E-state index contributed by atoms with van der Waals surface area (Å²) in [5.74, 6) is 0.805. The van der Waals surface area contributed by atoms with Gasteiger partial charge in [0.15, 0.2) is 0 Å². The van der Waals surface area contributed by atoms with Gasteiger partial charge >= 0.3 is 0 Å². The number of aryl methyl sites for hydroxylation is 2. The molecule has 0 aliphatic heterocycles. The third-order valence-electron chi connectivity index (χ3n) is 2.54. The molecule has 16 heavy (non-hydrogen) atoms. The van der Waals surface area contributed by atoms with E-state index in [4.69, 9.17) is 0 Å². The average Bonchev–Trinajstić information content (AvgIpc) is 2.88. The Kier molecular flexibility index (Phi) is 3.36. The van der Waals surface area contributed by atoms with Crippen LogP contribution >= 0.6 is 11.3 Å². The summed E-state index contributed by atoms with van der Waals surface area (Å²) in [6.45, 7) is 2.12. The molecule has 0 saturated heterocycles. The molecule has 2 aromatic rings. The maximum absolute atomic E-state index is 10.1. The largest absolute Gasteiger partial charge is 0.387 e. The van der Waals surface area contributed by atoms with Crippen LogP contribution in [0, 0.1) is 0 Å². The van der Waals surface area contributed by atoms with Gasteiger partial charge in [0.05, 0.1) is 6.10 Å². The van der Waals surface area contributed by atoms with Crippen LogP contribution in [0.2, 0.25) is 0 Å². The van der Waals surface area contributed by atoms with E-state index in [1.807, 2.05) is 13.1 Å². The summed E-state index contributed by atoms with van der Waals surface area (Å²) in [6.07, 6.45) is 2.56. The van der Waals surface area contributed by atoms with Crippen LogP contribution in [0.25, 0.3) is 0 Å². The molecule has 0 aliphatic carbocycles. The Balaban J connectivity index is 2.08. The molecule has 2 rings (SSSR count). The van der Waals surface area contributed by atoms with Gasteiger partial charge in [0.25, 0.3) is 0 Å². The Morgan fingerprint density at radius 1 is 1.50 bits per heavy atom. The van der Waals surface area contributed by atoms with Crippen molar-refractivity contribution in [1.29, 1.82) is 0 Å². The van der Waals surface area contributed by atoms with Crippen LogP contribution in [-0.2, 0) is 19.9 Å². The number of aromatic nitrogens is 3. The zero-order chi connectivity index (χ0) is 11.5. The van der Waals surface area contributed by atoms with Gasteiger partial charge in [-0.25, -0.2) is 4.98 Å².